The van der Waals surface area contributed by atoms with E-state index in [4.69, 9.17) is 17.3 Å². The molecule has 1 atom stereocenters. The SMILES string of the molecule is CCC[C@@H](N)C(=O)N(C)Cc1ccccc1Cl. The van der Waals surface area contributed by atoms with Gasteiger partial charge < -0.3 is 10.6 Å². The van der Waals surface area contributed by atoms with Crippen molar-refractivity contribution in [3.63, 3.8) is 0 Å². The number of amides is 1. The maximum absolute atomic E-state index is 11.9. The van der Waals surface area contributed by atoms with E-state index in [1.165, 1.54) is 0 Å². The Kier molecular flexibility index (Phi) is 5.45. The average Bonchev–Trinajstić information content (AvgIpc) is 2.31. The fourth-order valence-electron chi connectivity index (χ4n) is 1.68. The van der Waals surface area contributed by atoms with E-state index >= 15 is 0 Å². The molecule has 0 radical (unpaired) electrons. The van der Waals surface area contributed by atoms with E-state index in [-0.39, 0.29) is 5.91 Å². The van der Waals surface area contributed by atoms with E-state index in [9.17, 15) is 4.79 Å². The number of hydrogen-bond donors (Lipinski definition) is 1. The number of benzene rings is 1. The summed E-state index contributed by atoms with van der Waals surface area (Å²) in [7, 11) is 1.75. The monoisotopic (exact) mass is 254 g/mol. The van der Waals surface area contributed by atoms with E-state index in [1.54, 1.807) is 11.9 Å². The van der Waals surface area contributed by atoms with Gasteiger partial charge in [0.05, 0.1) is 6.04 Å². The van der Waals surface area contributed by atoms with Gasteiger partial charge in [-0.15, -0.1) is 0 Å². The van der Waals surface area contributed by atoms with Crippen LogP contribution in [0.15, 0.2) is 24.3 Å². The van der Waals surface area contributed by atoms with Crippen molar-refractivity contribution in [2.45, 2.75) is 32.4 Å². The lowest BCUT2D eigenvalue weighted by Crippen LogP contribution is -2.41. The molecule has 2 N–H and O–H groups in total. The second-order valence-electron chi connectivity index (χ2n) is 4.18. The van der Waals surface area contributed by atoms with Gasteiger partial charge in [-0.1, -0.05) is 43.1 Å². The minimum absolute atomic E-state index is 0.0354. The van der Waals surface area contributed by atoms with Gasteiger partial charge in [-0.25, -0.2) is 0 Å². The minimum atomic E-state index is -0.410. The predicted octanol–water partition coefficient (Wildman–Crippen LogP) is 2.43. The molecule has 0 aromatic heterocycles. The van der Waals surface area contributed by atoms with Crippen molar-refractivity contribution in [2.24, 2.45) is 5.73 Å². The van der Waals surface area contributed by atoms with Gasteiger partial charge in [0, 0.05) is 18.6 Å². The molecule has 0 heterocycles. The third-order valence-corrected chi connectivity index (χ3v) is 3.03. The second-order valence-corrected chi connectivity index (χ2v) is 4.59. The highest BCUT2D eigenvalue weighted by molar-refractivity contribution is 6.31. The van der Waals surface area contributed by atoms with Crippen molar-refractivity contribution < 1.29 is 4.79 Å². The molecule has 1 aromatic rings. The van der Waals surface area contributed by atoms with Gasteiger partial charge in [-0.05, 0) is 18.1 Å². The first-order chi connectivity index (χ1) is 8.06. The number of nitrogens with zero attached hydrogens (tertiary/aromatic N) is 1. The smallest absolute Gasteiger partial charge is 0.239 e. The lowest BCUT2D eigenvalue weighted by molar-refractivity contribution is -0.131. The number of rotatable bonds is 5. The van der Waals surface area contributed by atoms with E-state index in [1.807, 2.05) is 31.2 Å². The molecule has 17 heavy (non-hydrogen) atoms. The molecule has 0 aliphatic carbocycles. The summed E-state index contributed by atoms with van der Waals surface area (Å²) in [5.41, 5.74) is 6.73. The number of hydrogen-bond acceptors (Lipinski definition) is 2. The van der Waals surface area contributed by atoms with Crippen LogP contribution >= 0.6 is 11.6 Å². The molecule has 0 unspecified atom stereocenters. The number of halogens is 1. The highest BCUT2D eigenvalue weighted by Crippen LogP contribution is 2.16. The van der Waals surface area contributed by atoms with E-state index in [0.29, 0.717) is 18.0 Å². The number of carbonyl (C=O) groups is 1. The topological polar surface area (TPSA) is 46.3 Å². The molecule has 0 fully saturated rings. The zero-order chi connectivity index (χ0) is 12.8. The summed E-state index contributed by atoms with van der Waals surface area (Å²) in [6, 6.07) is 7.10. The van der Waals surface area contributed by atoms with Crippen LogP contribution in [0.1, 0.15) is 25.3 Å². The van der Waals surface area contributed by atoms with Gasteiger partial charge in [0.15, 0.2) is 0 Å². The quantitative estimate of drug-likeness (QED) is 0.877. The molecule has 0 saturated carbocycles. The Morgan fingerprint density at radius 2 is 2.12 bits per heavy atom. The maximum Gasteiger partial charge on any atom is 0.239 e. The first-order valence-electron chi connectivity index (χ1n) is 5.80. The molecule has 0 aliphatic heterocycles. The van der Waals surface area contributed by atoms with Crippen molar-refractivity contribution in [3.05, 3.63) is 34.9 Å². The minimum Gasteiger partial charge on any atom is -0.340 e. The normalized spacial score (nSPS) is 12.2. The first kappa shape index (κ1) is 14.0. The van der Waals surface area contributed by atoms with Gasteiger partial charge in [-0.3, -0.25) is 4.79 Å². The van der Waals surface area contributed by atoms with Crippen LogP contribution in [0.3, 0.4) is 0 Å². The summed E-state index contributed by atoms with van der Waals surface area (Å²) in [5.74, 6) is -0.0354. The molecular formula is C13H19ClN2O. The summed E-state index contributed by atoms with van der Waals surface area (Å²) >= 11 is 6.04. The maximum atomic E-state index is 11.9. The first-order valence-corrected chi connectivity index (χ1v) is 6.18. The summed E-state index contributed by atoms with van der Waals surface area (Å²) in [6.45, 7) is 2.51. The van der Waals surface area contributed by atoms with Crippen LogP contribution < -0.4 is 5.73 Å². The number of likely N-dealkylation sites (N-methyl/N-ethyl adjacent to an activating group) is 1. The Hall–Kier alpha value is -1.06. The van der Waals surface area contributed by atoms with Gasteiger partial charge in [0.25, 0.3) is 0 Å². The Bertz CT molecular complexity index is 381. The highest BCUT2D eigenvalue weighted by Gasteiger charge is 2.17. The summed E-state index contributed by atoms with van der Waals surface area (Å²) in [4.78, 5) is 13.5. The van der Waals surface area contributed by atoms with Crippen LogP contribution in [0.2, 0.25) is 5.02 Å². The van der Waals surface area contributed by atoms with E-state index in [2.05, 4.69) is 0 Å². The standard InChI is InChI=1S/C13H19ClN2O/c1-3-6-12(15)13(17)16(2)9-10-7-4-5-8-11(10)14/h4-5,7-8,12H,3,6,9,15H2,1-2H3/t12-/m1/s1. The van der Waals surface area contributed by atoms with Crippen LogP contribution in [-0.2, 0) is 11.3 Å². The molecule has 0 aliphatic rings. The Morgan fingerprint density at radius 3 is 2.71 bits per heavy atom. The van der Waals surface area contributed by atoms with E-state index in [0.717, 1.165) is 12.0 Å². The van der Waals surface area contributed by atoms with Crippen LogP contribution in [0.5, 0.6) is 0 Å². The lowest BCUT2D eigenvalue weighted by atomic mass is 10.1. The molecule has 4 heteroatoms. The lowest BCUT2D eigenvalue weighted by Gasteiger charge is -2.21. The number of carbonyl (C=O) groups excluding carboxylic acids is 1. The van der Waals surface area contributed by atoms with Gasteiger partial charge in [0.2, 0.25) is 5.91 Å². The second kappa shape index (κ2) is 6.62. The summed E-state index contributed by atoms with van der Waals surface area (Å²) < 4.78 is 0. The molecule has 94 valence electrons. The average molecular weight is 255 g/mol. The van der Waals surface area contributed by atoms with Gasteiger partial charge in [-0.2, -0.15) is 0 Å². The Morgan fingerprint density at radius 1 is 1.47 bits per heavy atom. The molecule has 1 aromatic carbocycles. The molecule has 1 rings (SSSR count). The van der Waals surface area contributed by atoms with Crippen molar-refractivity contribution >= 4 is 17.5 Å². The Balaban J connectivity index is 2.63. The molecule has 0 spiro atoms. The summed E-state index contributed by atoms with van der Waals surface area (Å²) in [6.07, 6.45) is 1.62. The number of nitrogens with two attached hydrogens (primary N) is 1. The van der Waals surface area contributed by atoms with Crippen LogP contribution in [0.4, 0.5) is 0 Å². The van der Waals surface area contributed by atoms with Gasteiger partial charge >= 0.3 is 0 Å². The molecule has 1 amide bonds. The fourth-order valence-corrected chi connectivity index (χ4v) is 1.87. The predicted molar refractivity (Wildman–Crippen MR) is 70.8 cm³/mol. The van der Waals surface area contributed by atoms with Crippen LogP contribution in [0, 0.1) is 0 Å². The molecular weight excluding hydrogens is 236 g/mol. The zero-order valence-corrected chi connectivity index (χ0v) is 11.1. The zero-order valence-electron chi connectivity index (χ0n) is 10.3. The third-order valence-electron chi connectivity index (χ3n) is 2.66. The van der Waals surface area contributed by atoms with Crippen molar-refractivity contribution in [1.82, 2.24) is 4.90 Å². The Labute approximate surface area is 108 Å². The van der Waals surface area contributed by atoms with Crippen molar-refractivity contribution in [2.75, 3.05) is 7.05 Å². The van der Waals surface area contributed by atoms with Crippen LogP contribution in [-0.4, -0.2) is 23.9 Å². The molecule has 3 nitrogen and oxygen atoms in total. The van der Waals surface area contributed by atoms with Gasteiger partial charge in [0.1, 0.15) is 0 Å². The van der Waals surface area contributed by atoms with Crippen LogP contribution in [0.25, 0.3) is 0 Å². The molecule has 0 bridgehead atoms. The summed E-state index contributed by atoms with van der Waals surface area (Å²) in [5, 5.41) is 0.677. The third kappa shape index (κ3) is 4.02. The fraction of sp³-hybridized carbons (Fsp3) is 0.462. The highest BCUT2D eigenvalue weighted by atomic mass is 35.5. The van der Waals surface area contributed by atoms with E-state index < -0.39 is 6.04 Å². The van der Waals surface area contributed by atoms with Crippen molar-refractivity contribution in [3.8, 4) is 0 Å². The largest absolute Gasteiger partial charge is 0.340 e. The molecule has 0 saturated heterocycles. The van der Waals surface area contributed by atoms with Crippen molar-refractivity contribution in [1.29, 1.82) is 0 Å².